The summed E-state index contributed by atoms with van der Waals surface area (Å²) in [7, 11) is 0. The van der Waals surface area contributed by atoms with Crippen LogP contribution in [0.1, 0.15) is 44.2 Å². The lowest BCUT2D eigenvalue weighted by Gasteiger charge is -2.40. The molecule has 3 nitrogen and oxygen atoms in total. The molecule has 0 bridgehead atoms. The number of nitrogens with one attached hydrogen (secondary N) is 1. The zero-order chi connectivity index (χ0) is 13.7. The van der Waals surface area contributed by atoms with Gasteiger partial charge >= 0.3 is 0 Å². The Labute approximate surface area is 117 Å². The van der Waals surface area contributed by atoms with Crippen LogP contribution in [0, 0.1) is 6.92 Å². The lowest BCUT2D eigenvalue weighted by Crippen LogP contribution is -2.55. The average Bonchev–Trinajstić information content (AvgIpc) is 2.39. The van der Waals surface area contributed by atoms with Crippen LogP contribution in [0.3, 0.4) is 0 Å². The first-order chi connectivity index (χ1) is 9.22. The van der Waals surface area contributed by atoms with Gasteiger partial charge in [0.25, 0.3) is 0 Å². The van der Waals surface area contributed by atoms with Gasteiger partial charge in [-0.2, -0.15) is 0 Å². The van der Waals surface area contributed by atoms with E-state index < -0.39 is 0 Å². The van der Waals surface area contributed by atoms with E-state index in [2.05, 4.69) is 42.0 Å². The highest BCUT2D eigenvalue weighted by Crippen LogP contribution is 2.16. The van der Waals surface area contributed by atoms with Gasteiger partial charge in [0.15, 0.2) is 0 Å². The quantitative estimate of drug-likeness (QED) is 0.883. The predicted octanol–water partition coefficient (Wildman–Crippen LogP) is 2.74. The Kier molecular flexibility index (Phi) is 5.34. The summed E-state index contributed by atoms with van der Waals surface area (Å²) < 4.78 is 0. The molecule has 0 saturated carbocycles. The van der Waals surface area contributed by atoms with E-state index in [1.54, 1.807) is 0 Å². The van der Waals surface area contributed by atoms with Crippen LogP contribution in [0.2, 0.25) is 0 Å². The van der Waals surface area contributed by atoms with E-state index in [-0.39, 0.29) is 0 Å². The SMILES string of the molecule is CCCC1CN(Cc2cncc(C)c2)C(CC)CN1. The first kappa shape index (κ1) is 14.5. The van der Waals surface area contributed by atoms with Crippen LogP contribution >= 0.6 is 0 Å². The van der Waals surface area contributed by atoms with Crippen molar-refractivity contribution in [1.29, 1.82) is 0 Å². The Hall–Kier alpha value is -0.930. The van der Waals surface area contributed by atoms with Gasteiger partial charge < -0.3 is 5.32 Å². The van der Waals surface area contributed by atoms with Crippen molar-refractivity contribution >= 4 is 0 Å². The molecule has 1 aliphatic rings. The van der Waals surface area contributed by atoms with Crippen molar-refractivity contribution in [3.8, 4) is 0 Å². The standard InChI is InChI=1S/C16H27N3/c1-4-6-15-12-19(16(5-2)10-18-15)11-14-7-13(3)8-17-9-14/h7-9,15-16,18H,4-6,10-12H2,1-3H3. The Morgan fingerprint density at radius 2 is 2.21 bits per heavy atom. The topological polar surface area (TPSA) is 28.2 Å². The van der Waals surface area contributed by atoms with Crippen LogP contribution in [-0.2, 0) is 6.54 Å². The second-order valence-electron chi connectivity index (χ2n) is 5.76. The molecule has 3 heteroatoms. The van der Waals surface area contributed by atoms with Gasteiger partial charge in [-0.15, -0.1) is 0 Å². The molecule has 1 aromatic rings. The molecular formula is C16H27N3. The number of nitrogens with zero attached hydrogens (tertiary/aromatic N) is 2. The van der Waals surface area contributed by atoms with Gasteiger partial charge in [0.1, 0.15) is 0 Å². The number of hydrogen-bond donors (Lipinski definition) is 1. The van der Waals surface area contributed by atoms with Crippen molar-refractivity contribution in [3.05, 3.63) is 29.6 Å². The van der Waals surface area contributed by atoms with E-state index in [1.807, 2.05) is 12.4 Å². The highest BCUT2D eigenvalue weighted by atomic mass is 15.2. The number of rotatable bonds is 5. The minimum Gasteiger partial charge on any atom is -0.311 e. The zero-order valence-corrected chi connectivity index (χ0v) is 12.5. The lowest BCUT2D eigenvalue weighted by molar-refractivity contribution is 0.115. The molecule has 19 heavy (non-hydrogen) atoms. The van der Waals surface area contributed by atoms with Gasteiger partial charge in [0.2, 0.25) is 0 Å². The molecule has 0 aliphatic carbocycles. The van der Waals surface area contributed by atoms with E-state index in [0.717, 1.165) is 13.1 Å². The minimum absolute atomic E-state index is 0.658. The highest BCUT2D eigenvalue weighted by molar-refractivity contribution is 5.16. The maximum atomic E-state index is 4.31. The third-order valence-corrected chi connectivity index (χ3v) is 4.04. The van der Waals surface area contributed by atoms with Crippen molar-refractivity contribution in [3.63, 3.8) is 0 Å². The second kappa shape index (κ2) is 7.01. The van der Waals surface area contributed by atoms with Gasteiger partial charge in [-0.05, 0) is 30.9 Å². The first-order valence-corrected chi connectivity index (χ1v) is 7.60. The highest BCUT2D eigenvalue weighted by Gasteiger charge is 2.26. The number of pyridine rings is 1. The van der Waals surface area contributed by atoms with Crippen LogP contribution < -0.4 is 5.32 Å². The number of piperazine rings is 1. The molecule has 2 unspecified atom stereocenters. The van der Waals surface area contributed by atoms with E-state index in [0.29, 0.717) is 12.1 Å². The maximum Gasteiger partial charge on any atom is 0.0313 e. The molecule has 2 rings (SSSR count). The van der Waals surface area contributed by atoms with E-state index in [4.69, 9.17) is 0 Å². The van der Waals surface area contributed by atoms with Crippen LogP contribution in [-0.4, -0.2) is 35.1 Å². The molecule has 1 fully saturated rings. The molecule has 0 radical (unpaired) electrons. The minimum atomic E-state index is 0.658. The van der Waals surface area contributed by atoms with Crippen LogP contribution in [0.5, 0.6) is 0 Å². The molecule has 0 spiro atoms. The normalized spacial score (nSPS) is 24.6. The lowest BCUT2D eigenvalue weighted by atomic mass is 10.0. The fourth-order valence-corrected chi connectivity index (χ4v) is 3.01. The third-order valence-electron chi connectivity index (χ3n) is 4.04. The second-order valence-corrected chi connectivity index (χ2v) is 5.76. The molecular weight excluding hydrogens is 234 g/mol. The maximum absolute atomic E-state index is 4.31. The van der Waals surface area contributed by atoms with Crippen LogP contribution in [0.25, 0.3) is 0 Å². The molecule has 0 amide bonds. The van der Waals surface area contributed by atoms with E-state index in [1.165, 1.54) is 36.9 Å². The molecule has 1 N–H and O–H groups in total. The molecule has 106 valence electrons. The fraction of sp³-hybridized carbons (Fsp3) is 0.688. The molecule has 2 atom stereocenters. The van der Waals surface area contributed by atoms with E-state index >= 15 is 0 Å². The fourth-order valence-electron chi connectivity index (χ4n) is 3.01. The Morgan fingerprint density at radius 3 is 2.89 bits per heavy atom. The van der Waals surface area contributed by atoms with Crippen LogP contribution in [0.4, 0.5) is 0 Å². The van der Waals surface area contributed by atoms with Gasteiger partial charge in [0, 0.05) is 44.1 Å². The number of aromatic nitrogens is 1. The summed E-state index contributed by atoms with van der Waals surface area (Å²) >= 11 is 0. The van der Waals surface area contributed by atoms with Crippen molar-refractivity contribution in [2.24, 2.45) is 0 Å². The van der Waals surface area contributed by atoms with Crippen molar-refractivity contribution in [2.45, 2.75) is 58.7 Å². The average molecular weight is 261 g/mol. The van der Waals surface area contributed by atoms with Crippen molar-refractivity contribution < 1.29 is 0 Å². The molecule has 1 aromatic heterocycles. The van der Waals surface area contributed by atoms with Crippen molar-refractivity contribution in [1.82, 2.24) is 15.2 Å². The smallest absolute Gasteiger partial charge is 0.0313 e. The van der Waals surface area contributed by atoms with Gasteiger partial charge in [0.05, 0.1) is 0 Å². The monoisotopic (exact) mass is 261 g/mol. The molecule has 0 aromatic carbocycles. The van der Waals surface area contributed by atoms with Crippen molar-refractivity contribution in [2.75, 3.05) is 13.1 Å². The Morgan fingerprint density at radius 1 is 1.37 bits per heavy atom. The molecule has 2 heterocycles. The van der Waals surface area contributed by atoms with Gasteiger partial charge in [-0.1, -0.05) is 26.3 Å². The molecule has 1 aliphatic heterocycles. The Balaban J connectivity index is 2.01. The predicted molar refractivity (Wildman–Crippen MR) is 80.2 cm³/mol. The summed E-state index contributed by atoms with van der Waals surface area (Å²) in [6.07, 6.45) is 7.69. The molecule has 1 saturated heterocycles. The number of hydrogen-bond acceptors (Lipinski definition) is 3. The summed E-state index contributed by atoms with van der Waals surface area (Å²) in [4.78, 5) is 6.95. The summed E-state index contributed by atoms with van der Waals surface area (Å²) in [5, 5.41) is 3.69. The zero-order valence-electron chi connectivity index (χ0n) is 12.5. The van der Waals surface area contributed by atoms with Gasteiger partial charge in [-0.3, -0.25) is 9.88 Å². The van der Waals surface area contributed by atoms with E-state index in [9.17, 15) is 0 Å². The Bertz CT molecular complexity index is 391. The first-order valence-electron chi connectivity index (χ1n) is 7.60. The summed E-state index contributed by atoms with van der Waals surface area (Å²) in [5.41, 5.74) is 2.60. The van der Waals surface area contributed by atoms with Crippen LogP contribution in [0.15, 0.2) is 18.5 Å². The summed E-state index contributed by atoms with van der Waals surface area (Å²) in [6, 6.07) is 3.58. The number of aryl methyl sites for hydroxylation is 1. The van der Waals surface area contributed by atoms with Gasteiger partial charge in [-0.25, -0.2) is 0 Å². The largest absolute Gasteiger partial charge is 0.311 e. The summed E-state index contributed by atoms with van der Waals surface area (Å²) in [6.45, 7) is 10.00. The third kappa shape index (κ3) is 4.02. The summed E-state index contributed by atoms with van der Waals surface area (Å²) in [5.74, 6) is 0.